The molecule has 2 amide bonds. The number of likely N-dealkylation sites (tertiary alicyclic amines) is 1. The molecule has 120 valence electrons. The number of hydrogen-bond acceptors (Lipinski definition) is 3. The van der Waals surface area contributed by atoms with Gasteiger partial charge in [0.2, 0.25) is 11.8 Å². The molecule has 22 heavy (non-hydrogen) atoms. The minimum absolute atomic E-state index is 0.000897. The first-order valence-corrected chi connectivity index (χ1v) is 7.82. The number of carbonyl (C=O) groups is 2. The number of benzene rings is 1. The molecule has 2 rings (SSSR count). The average Bonchev–Trinajstić information content (AvgIpc) is 2.93. The van der Waals surface area contributed by atoms with Crippen LogP contribution in [0.15, 0.2) is 24.3 Å². The summed E-state index contributed by atoms with van der Waals surface area (Å²) >= 11 is 0. The normalized spacial score (nSPS) is 17.6. The summed E-state index contributed by atoms with van der Waals surface area (Å²) < 4.78 is 5.12. The fraction of sp³-hybridized carbons (Fsp3) is 0.529. The first-order valence-electron chi connectivity index (χ1n) is 7.82. The summed E-state index contributed by atoms with van der Waals surface area (Å²) in [5.41, 5.74) is 1.23. The van der Waals surface area contributed by atoms with E-state index in [1.165, 1.54) is 5.56 Å². The molecule has 1 atom stereocenters. The lowest BCUT2D eigenvalue weighted by Gasteiger charge is -2.13. The van der Waals surface area contributed by atoms with Crippen molar-refractivity contribution in [2.45, 2.75) is 26.2 Å². The van der Waals surface area contributed by atoms with Gasteiger partial charge in [-0.2, -0.15) is 0 Å². The first-order chi connectivity index (χ1) is 10.6. The Bertz CT molecular complexity index is 513. The van der Waals surface area contributed by atoms with Crippen LogP contribution < -0.4 is 10.1 Å². The van der Waals surface area contributed by atoms with Gasteiger partial charge < -0.3 is 15.0 Å². The van der Waals surface area contributed by atoms with Gasteiger partial charge in [-0.05, 0) is 37.5 Å². The molecule has 0 spiro atoms. The largest absolute Gasteiger partial charge is 0.497 e. The molecule has 5 nitrogen and oxygen atoms in total. The maximum absolute atomic E-state index is 12.0. The molecule has 0 aromatic heterocycles. The van der Waals surface area contributed by atoms with Gasteiger partial charge in [0.1, 0.15) is 5.75 Å². The Morgan fingerprint density at radius 3 is 2.68 bits per heavy atom. The lowest BCUT2D eigenvalue weighted by molar-refractivity contribution is -0.128. The minimum atomic E-state index is -0.187. The van der Waals surface area contributed by atoms with Gasteiger partial charge in [0.25, 0.3) is 0 Å². The van der Waals surface area contributed by atoms with Crippen molar-refractivity contribution in [3.05, 3.63) is 29.8 Å². The molecule has 1 N–H and O–H groups in total. The van der Waals surface area contributed by atoms with E-state index in [2.05, 4.69) is 5.32 Å². The summed E-state index contributed by atoms with van der Waals surface area (Å²) in [6.07, 6.45) is 2.14. The Kier molecular flexibility index (Phi) is 5.81. The summed E-state index contributed by atoms with van der Waals surface area (Å²) in [5.74, 6) is 0.747. The molecule has 0 saturated carbocycles. The molecule has 1 saturated heterocycles. The third-order valence-electron chi connectivity index (χ3n) is 4.07. The van der Waals surface area contributed by atoms with Gasteiger partial charge in [0, 0.05) is 26.1 Å². The fourth-order valence-electron chi connectivity index (χ4n) is 2.69. The molecule has 1 heterocycles. The lowest BCUT2D eigenvalue weighted by Crippen LogP contribution is -2.33. The molecule has 1 fully saturated rings. The van der Waals surface area contributed by atoms with E-state index in [1.807, 2.05) is 31.2 Å². The zero-order chi connectivity index (χ0) is 15.9. The van der Waals surface area contributed by atoms with Crippen LogP contribution in [0.1, 0.15) is 25.3 Å². The highest BCUT2D eigenvalue weighted by molar-refractivity contribution is 5.89. The maximum atomic E-state index is 12.0. The molecule has 1 aliphatic rings. The van der Waals surface area contributed by atoms with E-state index >= 15 is 0 Å². The summed E-state index contributed by atoms with van der Waals surface area (Å²) in [6.45, 7) is 3.81. The highest BCUT2D eigenvalue weighted by Gasteiger charge is 2.32. The topological polar surface area (TPSA) is 58.6 Å². The number of nitrogens with one attached hydrogen (secondary N) is 1. The van der Waals surface area contributed by atoms with Gasteiger partial charge in [-0.15, -0.1) is 0 Å². The predicted octanol–water partition coefficient (Wildman–Crippen LogP) is 1.61. The van der Waals surface area contributed by atoms with Crippen LogP contribution in [0, 0.1) is 5.92 Å². The second-order valence-electron chi connectivity index (χ2n) is 5.58. The summed E-state index contributed by atoms with van der Waals surface area (Å²) in [6, 6.07) is 7.96. The maximum Gasteiger partial charge on any atom is 0.225 e. The SMILES string of the molecule is CCN1C[C@@H](C(=O)NCCCc2ccc(OC)cc2)CC1=O. The number of rotatable bonds is 7. The van der Waals surface area contributed by atoms with Crippen LogP contribution in [0.3, 0.4) is 0 Å². The van der Waals surface area contributed by atoms with Crippen molar-refractivity contribution in [2.24, 2.45) is 5.92 Å². The Balaban J connectivity index is 1.68. The molecule has 0 bridgehead atoms. The second kappa shape index (κ2) is 7.82. The van der Waals surface area contributed by atoms with E-state index in [0.29, 0.717) is 26.1 Å². The smallest absolute Gasteiger partial charge is 0.225 e. The number of ether oxygens (including phenoxy) is 1. The quantitative estimate of drug-likeness (QED) is 0.779. The molecular formula is C17H24N2O3. The van der Waals surface area contributed by atoms with Crippen molar-refractivity contribution < 1.29 is 14.3 Å². The Morgan fingerprint density at radius 2 is 2.09 bits per heavy atom. The van der Waals surface area contributed by atoms with Gasteiger partial charge in [0.05, 0.1) is 13.0 Å². The van der Waals surface area contributed by atoms with E-state index in [4.69, 9.17) is 4.74 Å². The van der Waals surface area contributed by atoms with Crippen LogP contribution in [0.5, 0.6) is 5.75 Å². The highest BCUT2D eigenvalue weighted by atomic mass is 16.5. The summed E-state index contributed by atoms with van der Waals surface area (Å²) in [5, 5.41) is 2.94. The van der Waals surface area contributed by atoms with Crippen molar-refractivity contribution >= 4 is 11.8 Å². The lowest BCUT2D eigenvalue weighted by atomic mass is 10.1. The molecular weight excluding hydrogens is 280 g/mol. The Hall–Kier alpha value is -2.04. The summed E-state index contributed by atoms with van der Waals surface area (Å²) in [4.78, 5) is 25.4. The minimum Gasteiger partial charge on any atom is -0.497 e. The third kappa shape index (κ3) is 4.23. The van der Waals surface area contributed by atoms with Gasteiger partial charge in [-0.25, -0.2) is 0 Å². The molecule has 0 aliphatic carbocycles. The van der Waals surface area contributed by atoms with Crippen LogP contribution in [0.4, 0.5) is 0 Å². The number of aryl methyl sites for hydroxylation is 1. The van der Waals surface area contributed by atoms with Gasteiger partial charge >= 0.3 is 0 Å². The van der Waals surface area contributed by atoms with Crippen LogP contribution in [0.2, 0.25) is 0 Å². The third-order valence-corrected chi connectivity index (χ3v) is 4.07. The van der Waals surface area contributed by atoms with Crippen molar-refractivity contribution in [1.82, 2.24) is 10.2 Å². The molecule has 1 aliphatic heterocycles. The monoisotopic (exact) mass is 304 g/mol. The van der Waals surface area contributed by atoms with Crippen molar-refractivity contribution in [1.29, 1.82) is 0 Å². The van der Waals surface area contributed by atoms with Crippen LogP contribution in [-0.4, -0.2) is 43.5 Å². The number of carbonyl (C=O) groups excluding carboxylic acids is 2. The Labute approximate surface area is 131 Å². The second-order valence-corrected chi connectivity index (χ2v) is 5.58. The number of nitrogens with zero attached hydrogens (tertiary/aromatic N) is 1. The molecule has 1 aromatic rings. The van der Waals surface area contributed by atoms with Gasteiger partial charge in [-0.1, -0.05) is 12.1 Å². The van der Waals surface area contributed by atoms with Crippen molar-refractivity contribution in [3.8, 4) is 5.75 Å². The van der Waals surface area contributed by atoms with Crippen molar-refractivity contribution in [3.63, 3.8) is 0 Å². The highest BCUT2D eigenvalue weighted by Crippen LogP contribution is 2.17. The molecule has 0 radical (unpaired) electrons. The van der Waals surface area contributed by atoms with Crippen LogP contribution >= 0.6 is 0 Å². The zero-order valence-corrected chi connectivity index (χ0v) is 13.3. The number of amides is 2. The van der Waals surface area contributed by atoms with E-state index < -0.39 is 0 Å². The standard InChI is InChI=1S/C17H24N2O3/c1-3-19-12-14(11-16(19)20)17(21)18-10-4-5-13-6-8-15(22-2)9-7-13/h6-9,14H,3-5,10-12H2,1-2H3,(H,18,21)/t14-/m0/s1. The zero-order valence-electron chi connectivity index (χ0n) is 13.3. The van der Waals surface area contributed by atoms with Crippen LogP contribution in [0.25, 0.3) is 0 Å². The van der Waals surface area contributed by atoms with Crippen molar-refractivity contribution in [2.75, 3.05) is 26.7 Å². The van der Waals surface area contributed by atoms with Crippen LogP contribution in [-0.2, 0) is 16.0 Å². The predicted molar refractivity (Wildman–Crippen MR) is 84.7 cm³/mol. The van der Waals surface area contributed by atoms with E-state index in [9.17, 15) is 9.59 Å². The Morgan fingerprint density at radius 1 is 1.36 bits per heavy atom. The van der Waals surface area contributed by atoms with E-state index in [1.54, 1.807) is 12.0 Å². The fourth-order valence-corrected chi connectivity index (χ4v) is 2.69. The molecule has 0 unspecified atom stereocenters. The molecule has 5 heteroatoms. The average molecular weight is 304 g/mol. The first kappa shape index (κ1) is 16.3. The summed E-state index contributed by atoms with van der Waals surface area (Å²) in [7, 11) is 1.65. The van der Waals surface area contributed by atoms with Gasteiger partial charge in [-0.3, -0.25) is 9.59 Å². The van der Waals surface area contributed by atoms with E-state index in [-0.39, 0.29) is 17.7 Å². The van der Waals surface area contributed by atoms with Gasteiger partial charge in [0.15, 0.2) is 0 Å². The number of hydrogen-bond donors (Lipinski definition) is 1. The molecule has 1 aromatic carbocycles. The van der Waals surface area contributed by atoms with E-state index in [0.717, 1.165) is 18.6 Å². The number of methoxy groups -OCH3 is 1.